The summed E-state index contributed by atoms with van der Waals surface area (Å²) >= 11 is 0. The fraction of sp³-hybridized carbons (Fsp3) is 0.500. The molecule has 2 rings (SSSR count). The van der Waals surface area contributed by atoms with Gasteiger partial charge in [-0.15, -0.1) is 0 Å². The SMILES string of the molecule is CCCC1CC(C(=O)Nc2ccccc2NS(C)(=O)=O)NN1. The number of hydrazine groups is 1. The number of hydrogen-bond acceptors (Lipinski definition) is 5. The number of benzene rings is 1. The number of nitrogens with one attached hydrogen (secondary N) is 4. The normalized spacial score (nSPS) is 21.5. The highest BCUT2D eigenvalue weighted by Gasteiger charge is 2.28. The van der Waals surface area contributed by atoms with Crippen LogP contribution < -0.4 is 20.9 Å². The first-order valence-corrected chi connectivity index (χ1v) is 9.17. The van der Waals surface area contributed by atoms with E-state index in [-0.39, 0.29) is 18.0 Å². The molecule has 2 unspecified atom stereocenters. The fourth-order valence-corrected chi connectivity index (χ4v) is 3.01. The molecule has 7 nitrogen and oxygen atoms in total. The molecule has 122 valence electrons. The van der Waals surface area contributed by atoms with Gasteiger partial charge < -0.3 is 5.32 Å². The first kappa shape index (κ1) is 16.7. The highest BCUT2D eigenvalue weighted by atomic mass is 32.2. The molecule has 8 heteroatoms. The summed E-state index contributed by atoms with van der Waals surface area (Å²) in [5.41, 5.74) is 6.88. The molecule has 1 aromatic rings. The molecule has 4 N–H and O–H groups in total. The fourth-order valence-electron chi connectivity index (χ4n) is 2.43. The number of carbonyl (C=O) groups is 1. The lowest BCUT2D eigenvalue weighted by Crippen LogP contribution is -2.40. The molecule has 1 aliphatic heterocycles. The molecule has 1 heterocycles. The molecule has 0 radical (unpaired) electrons. The van der Waals surface area contributed by atoms with Gasteiger partial charge in [-0.25, -0.2) is 13.8 Å². The van der Waals surface area contributed by atoms with E-state index in [0.717, 1.165) is 19.1 Å². The molecule has 1 fully saturated rings. The van der Waals surface area contributed by atoms with Crippen LogP contribution in [0.25, 0.3) is 0 Å². The zero-order valence-corrected chi connectivity index (χ0v) is 13.5. The Labute approximate surface area is 130 Å². The minimum atomic E-state index is -3.40. The monoisotopic (exact) mass is 326 g/mol. The molecule has 0 aliphatic carbocycles. The second-order valence-electron chi connectivity index (χ2n) is 5.47. The average molecular weight is 326 g/mol. The van der Waals surface area contributed by atoms with E-state index in [2.05, 4.69) is 27.8 Å². The minimum Gasteiger partial charge on any atom is -0.323 e. The minimum absolute atomic E-state index is 0.186. The number of carbonyl (C=O) groups excluding carboxylic acids is 1. The van der Waals surface area contributed by atoms with Gasteiger partial charge in [-0.2, -0.15) is 0 Å². The van der Waals surface area contributed by atoms with Gasteiger partial charge in [0.2, 0.25) is 15.9 Å². The number of hydrogen-bond donors (Lipinski definition) is 4. The predicted octanol–water partition coefficient (Wildman–Crippen LogP) is 1.03. The Bertz CT molecular complexity index is 633. The van der Waals surface area contributed by atoms with E-state index in [1.165, 1.54) is 0 Å². The van der Waals surface area contributed by atoms with Gasteiger partial charge in [-0.1, -0.05) is 25.5 Å². The molecule has 1 amide bonds. The molecular weight excluding hydrogens is 304 g/mol. The largest absolute Gasteiger partial charge is 0.323 e. The van der Waals surface area contributed by atoms with Gasteiger partial charge >= 0.3 is 0 Å². The third-order valence-electron chi connectivity index (χ3n) is 3.42. The lowest BCUT2D eigenvalue weighted by atomic mass is 10.1. The molecule has 1 saturated heterocycles. The molecule has 0 aromatic heterocycles. The maximum absolute atomic E-state index is 12.3. The van der Waals surface area contributed by atoms with Crippen molar-refractivity contribution >= 4 is 27.3 Å². The second-order valence-corrected chi connectivity index (χ2v) is 7.22. The second kappa shape index (κ2) is 7.08. The van der Waals surface area contributed by atoms with E-state index in [4.69, 9.17) is 0 Å². The molecule has 2 atom stereocenters. The van der Waals surface area contributed by atoms with Crippen LogP contribution in [0.1, 0.15) is 26.2 Å². The van der Waals surface area contributed by atoms with Crippen LogP contribution in [0, 0.1) is 0 Å². The Hall–Kier alpha value is -1.64. The lowest BCUT2D eigenvalue weighted by molar-refractivity contribution is -0.117. The van der Waals surface area contributed by atoms with E-state index in [1.807, 2.05) is 0 Å². The van der Waals surface area contributed by atoms with Crippen LogP contribution in [0.4, 0.5) is 11.4 Å². The number of anilines is 2. The number of amides is 1. The van der Waals surface area contributed by atoms with Gasteiger partial charge in [0.25, 0.3) is 0 Å². The van der Waals surface area contributed by atoms with Crippen molar-refractivity contribution in [2.45, 2.75) is 38.3 Å². The molecule has 1 aliphatic rings. The van der Waals surface area contributed by atoms with Gasteiger partial charge in [0.1, 0.15) is 6.04 Å². The van der Waals surface area contributed by atoms with Crippen LogP contribution in [0.2, 0.25) is 0 Å². The Balaban J connectivity index is 2.03. The summed E-state index contributed by atoms with van der Waals surface area (Å²) in [6.45, 7) is 2.10. The average Bonchev–Trinajstić information content (AvgIpc) is 2.88. The van der Waals surface area contributed by atoms with Crippen LogP contribution in [0.3, 0.4) is 0 Å². The van der Waals surface area contributed by atoms with Crippen molar-refractivity contribution in [2.24, 2.45) is 0 Å². The quantitative estimate of drug-likeness (QED) is 0.626. The zero-order valence-electron chi connectivity index (χ0n) is 12.7. The Morgan fingerprint density at radius 3 is 2.59 bits per heavy atom. The molecule has 0 spiro atoms. The van der Waals surface area contributed by atoms with Gasteiger partial charge in [0, 0.05) is 6.04 Å². The van der Waals surface area contributed by atoms with Crippen molar-refractivity contribution in [3.63, 3.8) is 0 Å². The Morgan fingerprint density at radius 2 is 1.95 bits per heavy atom. The van der Waals surface area contributed by atoms with Crippen molar-refractivity contribution in [1.29, 1.82) is 0 Å². The van der Waals surface area contributed by atoms with Gasteiger partial charge in [-0.05, 0) is 25.0 Å². The lowest BCUT2D eigenvalue weighted by Gasteiger charge is -2.14. The molecule has 0 saturated carbocycles. The van der Waals surface area contributed by atoms with Crippen molar-refractivity contribution in [2.75, 3.05) is 16.3 Å². The van der Waals surface area contributed by atoms with Gasteiger partial charge in [0.15, 0.2) is 0 Å². The van der Waals surface area contributed by atoms with Crippen molar-refractivity contribution < 1.29 is 13.2 Å². The van der Waals surface area contributed by atoms with E-state index < -0.39 is 10.0 Å². The van der Waals surface area contributed by atoms with Crippen LogP contribution >= 0.6 is 0 Å². The smallest absolute Gasteiger partial charge is 0.242 e. The molecule has 1 aromatic carbocycles. The van der Waals surface area contributed by atoms with Crippen LogP contribution in [0.5, 0.6) is 0 Å². The van der Waals surface area contributed by atoms with Crippen LogP contribution in [-0.4, -0.2) is 32.7 Å². The first-order valence-electron chi connectivity index (χ1n) is 7.28. The molecular formula is C14H22N4O3S. The maximum atomic E-state index is 12.3. The summed E-state index contributed by atoms with van der Waals surface area (Å²) in [5, 5.41) is 2.77. The van der Waals surface area contributed by atoms with E-state index in [0.29, 0.717) is 17.8 Å². The van der Waals surface area contributed by atoms with Gasteiger partial charge in [0.05, 0.1) is 17.6 Å². The summed E-state index contributed by atoms with van der Waals surface area (Å²) in [5.74, 6) is -0.186. The predicted molar refractivity (Wildman–Crippen MR) is 86.9 cm³/mol. The topological polar surface area (TPSA) is 99.3 Å². The Kier molecular flexibility index (Phi) is 5.38. The van der Waals surface area contributed by atoms with Crippen molar-refractivity contribution in [3.8, 4) is 0 Å². The Morgan fingerprint density at radius 1 is 1.27 bits per heavy atom. The maximum Gasteiger partial charge on any atom is 0.242 e. The van der Waals surface area contributed by atoms with E-state index in [1.54, 1.807) is 24.3 Å². The molecule has 0 bridgehead atoms. The summed E-state index contributed by atoms with van der Waals surface area (Å²) in [7, 11) is -3.40. The summed E-state index contributed by atoms with van der Waals surface area (Å²) < 4.78 is 25.1. The summed E-state index contributed by atoms with van der Waals surface area (Å²) in [6, 6.07) is 6.67. The van der Waals surface area contributed by atoms with Crippen LogP contribution in [0.15, 0.2) is 24.3 Å². The first-order chi connectivity index (χ1) is 10.4. The van der Waals surface area contributed by atoms with Gasteiger partial charge in [-0.3, -0.25) is 14.9 Å². The number of rotatable bonds is 6. The van der Waals surface area contributed by atoms with E-state index >= 15 is 0 Å². The third-order valence-corrected chi connectivity index (χ3v) is 4.01. The standard InChI is InChI=1S/C14H22N4O3S/c1-3-6-10-9-13(17-16-10)14(19)15-11-7-4-5-8-12(11)18-22(2,20)21/h4-5,7-8,10,13,16-18H,3,6,9H2,1-2H3,(H,15,19). The van der Waals surface area contributed by atoms with Crippen molar-refractivity contribution in [3.05, 3.63) is 24.3 Å². The van der Waals surface area contributed by atoms with Crippen LogP contribution in [-0.2, 0) is 14.8 Å². The third kappa shape index (κ3) is 4.69. The molecule has 22 heavy (non-hydrogen) atoms. The number of sulfonamides is 1. The highest BCUT2D eigenvalue weighted by Crippen LogP contribution is 2.22. The zero-order chi connectivity index (χ0) is 16.2. The summed E-state index contributed by atoms with van der Waals surface area (Å²) in [6.07, 6.45) is 3.84. The highest BCUT2D eigenvalue weighted by molar-refractivity contribution is 7.92. The summed E-state index contributed by atoms with van der Waals surface area (Å²) in [4.78, 5) is 12.3. The van der Waals surface area contributed by atoms with E-state index in [9.17, 15) is 13.2 Å². The van der Waals surface area contributed by atoms with Crippen molar-refractivity contribution in [1.82, 2.24) is 10.9 Å². The number of para-hydroxylation sites is 2.